The Bertz CT molecular complexity index is 168. The van der Waals surface area contributed by atoms with E-state index in [0.29, 0.717) is 6.04 Å². The molecular weight excluding hydrogens is 144 g/mol. The van der Waals surface area contributed by atoms with Gasteiger partial charge in [-0.05, 0) is 18.1 Å². The zero-order chi connectivity index (χ0) is 7.30. The van der Waals surface area contributed by atoms with E-state index in [-0.39, 0.29) is 10.7 Å². The van der Waals surface area contributed by atoms with Crippen LogP contribution in [-0.4, -0.2) is 35.6 Å². The third-order valence-corrected chi connectivity index (χ3v) is 3.85. The maximum absolute atomic E-state index is 5.79. The van der Waals surface area contributed by atoms with Gasteiger partial charge in [0.25, 0.3) is 0 Å². The van der Waals surface area contributed by atoms with Crippen LogP contribution >= 0.6 is 10.7 Å². The Hall–Kier alpha value is 0.140. The van der Waals surface area contributed by atoms with Crippen molar-refractivity contribution in [1.82, 2.24) is 4.31 Å². The van der Waals surface area contributed by atoms with E-state index in [9.17, 15) is 0 Å². The predicted octanol–water partition coefficient (Wildman–Crippen LogP) is 0.121. The summed E-state index contributed by atoms with van der Waals surface area (Å²) in [4.78, 5) is 0. The molecule has 1 aliphatic heterocycles. The van der Waals surface area contributed by atoms with Gasteiger partial charge < -0.3 is 5.73 Å². The van der Waals surface area contributed by atoms with E-state index in [1.165, 1.54) is 13.1 Å². The standard InChI is InChI=1S/C7H14N2S/c1-10(2)9-3-5-6(4-9)7(5)8/h5-7H,1,3-4,8H2,2H3. The maximum Gasteiger partial charge on any atom is 0.0131 e. The molecule has 0 spiro atoms. The van der Waals surface area contributed by atoms with Crippen LogP contribution in [0.1, 0.15) is 0 Å². The summed E-state index contributed by atoms with van der Waals surface area (Å²) >= 11 is 0. The number of hydrogen-bond acceptors (Lipinski definition) is 2. The number of piperidine rings is 1. The number of rotatable bonds is 1. The van der Waals surface area contributed by atoms with Crippen LogP contribution in [0.5, 0.6) is 0 Å². The van der Waals surface area contributed by atoms with Crippen LogP contribution in [0.4, 0.5) is 0 Å². The van der Waals surface area contributed by atoms with Crippen molar-refractivity contribution in [2.24, 2.45) is 17.6 Å². The molecule has 1 saturated heterocycles. The first-order chi connectivity index (χ1) is 4.70. The van der Waals surface area contributed by atoms with Crippen molar-refractivity contribution >= 4 is 16.5 Å². The molecule has 1 aliphatic carbocycles. The zero-order valence-electron chi connectivity index (χ0n) is 6.29. The molecule has 3 atom stereocenters. The van der Waals surface area contributed by atoms with Crippen LogP contribution in [0.2, 0.25) is 0 Å². The number of fused-ring (bicyclic) bond motifs is 1. The Kier molecular flexibility index (Phi) is 1.41. The molecule has 0 aromatic carbocycles. The number of nitrogens with zero attached hydrogens (tertiary/aromatic N) is 1. The third-order valence-electron chi connectivity index (χ3n) is 2.67. The van der Waals surface area contributed by atoms with Gasteiger partial charge in [0.1, 0.15) is 0 Å². The fraction of sp³-hybridized carbons (Fsp3) is 0.857. The lowest BCUT2D eigenvalue weighted by Crippen LogP contribution is -2.23. The van der Waals surface area contributed by atoms with Crippen LogP contribution in [-0.2, 0) is 0 Å². The van der Waals surface area contributed by atoms with Crippen molar-refractivity contribution in [1.29, 1.82) is 0 Å². The van der Waals surface area contributed by atoms with Gasteiger partial charge in [-0.3, -0.25) is 4.31 Å². The lowest BCUT2D eigenvalue weighted by molar-refractivity contribution is 0.497. The molecule has 0 radical (unpaired) electrons. The average molecular weight is 158 g/mol. The highest BCUT2D eigenvalue weighted by molar-refractivity contribution is 8.11. The van der Waals surface area contributed by atoms with Crippen LogP contribution < -0.4 is 5.73 Å². The van der Waals surface area contributed by atoms with Crippen LogP contribution in [0, 0.1) is 11.8 Å². The van der Waals surface area contributed by atoms with Crippen molar-refractivity contribution in [3.05, 3.63) is 0 Å². The van der Waals surface area contributed by atoms with Gasteiger partial charge >= 0.3 is 0 Å². The molecular formula is C7H14N2S. The van der Waals surface area contributed by atoms with Crippen molar-refractivity contribution in [3.63, 3.8) is 0 Å². The molecule has 0 aromatic rings. The highest BCUT2D eigenvalue weighted by atomic mass is 32.2. The Morgan fingerprint density at radius 2 is 2.00 bits per heavy atom. The highest BCUT2D eigenvalue weighted by Crippen LogP contribution is 2.46. The second-order valence-electron chi connectivity index (χ2n) is 3.35. The summed E-state index contributed by atoms with van der Waals surface area (Å²) in [6.45, 7) is 2.41. The Balaban J connectivity index is 1.95. The van der Waals surface area contributed by atoms with E-state index in [4.69, 9.17) is 5.73 Å². The first-order valence-electron chi connectivity index (χ1n) is 3.66. The monoisotopic (exact) mass is 158 g/mol. The Labute approximate surface area is 64.4 Å². The van der Waals surface area contributed by atoms with Gasteiger partial charge in [-0.25, -0.2) is 0 Å². The average Bonchev–Trinajstić information content (AvgIpc) is 2.38. The summed E-state index contributed by atoms with van der Waals surface area (Å²) in [5.74, 6) is 5.65. The minimum absolute atomic E-state index is 0.232. The molecule has 2 N–H and O–H groups in total. The Morgan fingerprint density at radius 1 is 1.50 bits per heavy atom. The smallest absolute Gasteiger partial charge is 0.0131 e. The van der Waals surface area contributed by atoms with Crippen molar-refractivity contribution < 1.29 is 0 Å². The minimum atomic E-state index is 0.232. The quantitative estimate of drug-likeness (QED) is 0.549. The van der Waals surface area contributed by atoms with Crippen molar-refractivity contribution in [2.45, 2.75) is 6.04 Å². The normalized spacial score (nSPS) is 48.8. The van der Waals surface area contributed by atoms with E-state index < -0.39 is 0 Å². The molecule has 2 rings (SSSR count). The van der Waals surface area contributed by atoms with Gasteiger partial charge in [0.05, 0.1) is 0 Å². The van der Waals surface area contributed by atoms with E-state index in [1.807, 2.05) is 0 Å². The van der Waals surface area contributed by atoms with Gasteiger partial charge in [-0.1, -0.05) is 5.87 Å². The molecule has 1 saturated carbocycles. The third kappa shape index (κ3) is 0.847. The zero-order valence-corrected chi connectivity index (χ0v) is 7.10. The molecule has 58 valence electrons. The molecule has 2 nitrogen and oxygen atoms in total. The largest absolute Gasteiger partial charge is 0.327 e. The summed E-state index contributed by atoms with van der Waals surface area (Å²) in [7, 11) is 0.232. The topological polar surface area (TPSA) is 29.3 Å². The predicted molar refractivity (Wildman–Crippen MR) is 47.2 cm³/mol. The van der Waals surface area contributed by atoms with E-state index in [2.05, 4.69) is 16.4 Å². The molecule has 2 fully saturated rings. The lowest BCUT2D eigenvalue weighted by Gasteiger charge is -2.18. The number of nitrogens with two attached hydrogens (primary N) is 1. The van der Waals surface area contributed by atoms with Crippen molar-refractivity contribution in [3.8, 4) is 0 Å². The second-order valence-corrected chi connectivity index (χ2v) is 5.07. The minimum Gasteiger partial charge on any atom is -0.327 e. The molecule has 10 heavy (non-hydrogen) atoms. The fourth-order valence-electron chi connectivity index (χ4n) is 1.79. The summed E-state index contributed by atoms with van der Waals surface area (Å²) < 4.78 is 2.44. The van der Waals surface area contributed by atoms with Crippen LogP contribution in [0.25, 0.3) is 0 Å². The van der Waals surface area contributed by atoms with E-state index >= 15 is 0 Å². The van der Waals surface area contributed by atoms with Gasteiger partial charge in [-0.15, -0.1) is 10.7 Å². The van der Waals surface area contributed by atoms with Crippen LogP contribution in [0.15, 0.2) is 0 Å². The SMILES string of the molecule is C=S(C)N1CC2C(N)C2C1. The summed E-state index contributed by atoms with van der Waals surface area (Å²) in [5, 5.41) is 0. The molecule has 2 aliphatic rings. The fourth-order valence-corrected chi connectivity index (χ4v) is 2.64. The van der Waals surface area contributed by atoms with Crippen molar-refractivity contribution in [2.75, 3.05) is 19.3 Å². The summed E-state index contributed by atoms with van der Waals surface area (Å²) in [5.41, 5.74) is 5.79. The molecule has 1 heterocycles. The number of hydrogen-bond donors (Lipinski definition) is 1. The Morgan fingerprint density at radius 3 is 2.40 bits per heavy atom. The molecule has 0 bridgehead atoms. The van der Waals surface area contributed by atoms with Gasteiger partial charge in [-0.2, -0.15) is 0 Å². The van der Waals surface area contributed by atoms with Crippen LogP contribution in [0.3, 0.4) is 0 Å². The van der Waals surface area contributed by atoms with E-state index in [1.54, 1.807) is 0 Å². The van der Waals surface area contributed by atoms with Gasteiger partial charge in [0.2, 0.25) is 0 Å². The molecule has 3 unspecified atom stereocenters. The van der Waals surface area contributed by atoms with Gasteiger partial charge in [0, 0.05) is 19.1 Å². The second kappa shape index (κ2) is 2.06. The molecule has 0 amide bonds. The van der Waals surface area contributed by atoms with Gasteiger partial charge in [0.15, 0.2) is 0 Å². The van der Waals surface area contributed by atoms with E-state index in [0.717, 1.165) is 11.8 Å². The maximum atomic E-state index is 5.79. The highest BCUT2D eigenvalue weighted by Gasteiger charge is 2.53. The first-order valence-corrected chi connectivity index (χ1v) is 5.42. The molecule has 0 aromatic heterocycles. The molecule has 3 heteroatoms. The first kappa shape index (κ1) is 6.83. The summed E-state index contributed by atoms with van der Waals surface area (Å²) in [6, 6.07) is 0.528. The summed E-state index contributed by atoms with van der Waals surface area (Å²) in [6.07, 6.45) is 2.18. The lowest BCUT2D eigenvalue weighted by atomic mass is 10.4.